The van der Waals surface area contributed by atoms with Crippen LogP contribution in [0.1, 0.15) is 25.0 Å². The highest BCUT2D eigenvalue weighted by Crippen LogP contribution is 2.14. The second kappa shape index (κ2) is 13.5. The van der Waals surface area contributed by atoms with Gasteiger partial charge >= 0.3 is 0 Å². The first kappa shape index (κ1) is 24.4. The van der Waals surface area contributed by atoms with Crippen molar-refractivity contribution in [2.45, 2.75) is 31.9 Å². The third kappa shape index (κ3) is 7.77. The Kier molecular flexibility index (Phi) is 11.0. The maximum Gasteiger partial charge on any atom is 0.191 e. The zero-order valence-corrected chi connectivity index (χ0v) is 20.0. The molecule has 0 spiro atoms. The molecule has 2 aromatic rings. The van der Waals surface area contributed by atoms with Gasteiger partial charge in [0, 0.05) is 33.0 Å². The topological polar surface area (TPSA) is 81.9 Å². The molecule has 0 saturated carbocycles. The van der Waals surface area contributed by atoms with Gasteiger partial charge in [-0.15, -0.1) is 24.0 Å². The molecule has 1 fully saturated rings. The molecule has 1 unspecified atom stereocenters. The van der Waals surface area contributed by atoms with Crippen molar-refractivity contribution in [2.75, 3.05) is 40.5 Å². The first-order valence-electron chi connectivity index (χ1n) is 10.1. The number of halogens is 1. The quantitative estimate of drug-likeness (QED) is 0.213. The van der Waals surface area contributed by atoms with Crippen molar-refractivity contribution in [3.8, 4) is 11.4 Å². The SMILES string of the molecule is CN=C(NCCCOCC1CCCO1)NCc1ccn(-c2ccc(OC)cc2)n1.I. The van der Waals surface area contributed by atoms with Crippen LogP contribution in [0, 0.1) is 0 Å². The Labute approximate surface area is 195 Å². The number of ether oxygens (including phenoxy) is 3. The van der Waals surface area contributed by atoms with Crippen LogP contribution < -0.4 is 15.4 Å². The first-order valence-corrected chi connectivity index (χ1v) is 10.1. The Morgan fingerprint density at radius 1 is 1.27 bits per heavy atom. The van der Waals surface area contributed by atoms with Crippen molar-refractivity contribution in [1.29, 1.82) is 0 Å². The highest BCUT2D eigenvalue weighted by Gasteiger charge is 2.14. The molecule has 3 rings (SSSR count). The van der Waals surface area contributed by atoms with Crippen molar-refractivity contribution in [3.05, 3.63) is 42.2 Å². The number of hydrogen-bond donors (Lipinski definition) is 2. The molecule has 0 radical (unpaired) electrons. The van der Waals surface area contributed by atoms with Crippen LogP contribution >= 0.6 is 24.0 Å². The predicted octanol–water partition coefficient (Wildman–Crippen LogP) is 2.75. The fraction of sp³-hybridized carbons (Fsp3) is 0.524. The van der Waals surface area contributed by atoms with Gasteiger partial charge in [-0.05, 0) is 49.6 Å². The Bertz CT molecular complexity index is 760. The van der Waals surface area contributed by atoms with E-state index in [2.05, 4.69) is 20.7 Å². The van der Waals surface area contributed by atoms with E-state index in [1.165, 1.54) is 0 Å². The maximum atomic E-state index is 5.68. The van der Waals surface area contributed by atoms with Crippen LogP contribution in [-0.4, -0.2) is 62.4 Å². The highest BCUT2D eigenvalue weighted by molar-refractivity contribution is 14.0. The minimum absolute atomic E-state index is 0. The van der Waals surface area contributed by atoms with E-state index >= 15 is 0 Å². The van der Waals surface area contributed by atoms with Crippen LogP contribution in [-0.2, 0) is 16.0 Å². The Hall–Kier alpha value is -1.85. The van der Waals surface area contributed by atoms with Gasteiger partial charge in [0.15, 0.2) is 5.96 Å². The number of guanidine groups is 1. The number of rotatable bonds is 10. The minimum Gasteiger partial charge on any atom is -0.497 e. The van der Waals surface area contributed by atoms with E-state index in [0.29, 0.717) is 13.2 Å². The number of benzene rings is 1. The Morgan fingerprint density at radius 2 is 2.10 bits per heavy atom. The van der Waals surface area contributed by atoms with E-state index in [4.69, 9.17) is 14.2 Å². The monoisotopic (exact) mass is 529 g/mol. The van der Waals surface area contributed by atoms with Gasteiger partial charge in [0.05, 0.1) is 37.7 Å². The molecule has 1 saturated heterocycles. The molecule has 0 amide bonds. The van der Waals surface area contributed by atoms with E-state index in [-0.39, 0.29) is 30.1 Å². The summed E-state index contributed by atoms with van der Waals surface area (Å²) in [7, 11) is 3.42. The number of nitrogens with one attached hydrogen (secondary N) is 2. The number of hydrogen-bond acceptors (Lipinski definition) is 5. The molecular weight excluding hydrogens is 497 g/mol. The number of aromatic nitrogens is 2. The van der Waals surface area contributed by atoms with Gasteiger partial charge in [-0.2, -0.15) is 5.10 Å². The Balaban J connectivity index is 0.00000320. The van der Waals surface area contributed by atoms with Crippen molar-refractivity contribution in [3.63, 3.8) is 0 Å². The Morgan fingerprint density at radius 3 is 2.80 bits per heavy atom. The highest BCUT2D eigenvalue weighted by atomic mass is 127. The fourth-order valence-corrected chi connectivity index (χ4v) is 3.10. The van der Waals surface area contributed by atoms with Gasteiger partial charge in [0.25, 0.3) is 0 Å². The number of nitrogens with zero attached hydrogens (tertiary/aromatic N) is 3. The van der Waals surface area contributed by atoms with Gasteiger partial charge in [0.2, 0.25) is 0 Å². The van der Waals surface area contributed by atoms with Gasteiger partial charge in [0.1, 0.15) is 5.75 Å². The van der Waals surface area contributed by atoms with E-state index in [9.17, 15) is 0 Å². The van der Waals surface area contributed by atoms with Gasteiger partial charge in [-0.25, -0.2) is 4.68 Å². The number of aliphatic imine (C=N–C) groups is 1. The average molecular weight is 529 g/mol. The molecule has 9 heteroatoms. The normalized spacial score (nSPS) is 16.2. The molecule has 0 aliphatic carbocycles. The summed E-state index contributed by atoms with van der Waals surface area (Å²) in [5.41, 5.74) is 1.92. The second-order valence-electron chi connectivity index (χ2n) is 6.87. The maximum absolute atomic E-state index is 5.68. The first-order chi connectivity index (χ1) is 14.3. The van der Waals surface area contributed by atoms with E-state index in [1.807, 2.05) is 41.2 Å². The summed E-state index contributed by atoms with van der Waals surface area (Å²) in [6.07, 6.45) is 5.41. The smallest absolute Gasteiger partial charge is 0.191 e. The van der Waals surface area contributed by atoms with E-state index in [1.54, 1.807) is 14.2 Å². The van der Waals surface area contributed by atoms with Gasteiger partial charge < -0.3 is 24.8 Å². The summed E-state index contributed by atoms with van der Waals surface area (Å²) in [6.45, 7) is 3.68. The molecule has 30 heavy (non-hydrogen) atoms. The fourth-order valence-electron chi connectivity index (χ4n) is 3.10. The zero-order valence-electron chi connectivity index (χ0n) is 17.7. The molecule has 8 nitrogen and oxygen atoms in total. The van der Waals surface area contributed by atoms with Crippen LogP contribution in [0.3, 0.4) is 0 Å². The third-order valence-electron chi connectivity index (χ3n) is 4.73. The van der Waals surface area contributed by atoms with Crippen LogP contribution in [0.5, 0.6) is 5.75 Å². The lowest BCUT2D eigenvalue weighted by Gasteiger charge is -2.12. The van der Waals surface area contributed by atoms with Gasteiger partial charge in [-0.3, -0.25) is 4.99 Å². The molecule has 0 bridgehead atoms. The minimum atomic E-state index is 0. The predicted molar refractivity (Wildman–Crippen MR) is 128 cm³/mol. The average Bonchev–Trinajstić information content (AvgIpc) is 3.45. The summed E-state index contributed by atoms with van der Waals surface area (Å²) < 4.78 is 18.3. The molecule has 1 aromatic carbocycles. The van der Waals surface area contributed by atoms with E-state index < -0.39 is 0 Å². The van der Waals surface area contributed by atoms with Gasteiger partial charge in [-0.1, -0.05) is 0 Å². The molecule has 1 atom stereocenters. The van der Waals surface area contributed by atoms with Crippen LogP contribution in [0.2, 0.25) is 0 Å². The van der Waals surface area contributed by atoms with Crippen molar-refractivity contribution in [2.24, 2.45) is 4.99 Å². The third-order valence-corrected chi connectivity index (χ3v) is 4.73. The summed E-state index contributed by atoms with van der Waals surface area (Å²) in [4.78, 5) is 4.25. The van der Waals surface area contributed by atoms with Crippen molar-refractivity contribution < 1.29 is 14.2 Å². The van der Waals surface area contributed by atoms with Crippen LogP contribution in [0.15, 0.2) is 41.5 Å². The molecule has 1 aromatic heterocycles. The van der Waals surface area contributed by atoms with Crippen molar-refractivity contribution in [1.82, 2.24) is 20.4 Å². The summed E-state index contributed by atoms with van der Waals surface area (Å²) in [6, 6.07) is 9.79. The molecule has 166 valence electrons. The summed E-state index contributed by atoms with van der Waals surface area (Å²) in [5, 5.41) is 11.2. The lowest BCUT2D eigenvalue weighted by Crippen LogP contribution is -2.37. The zero-order chi connectivity index (χ0) is 20.3. The van der Waals surface area contributed by atoms with Crippen LogP contribution in [0.4, 0.5) is 0 Å². The summed E-state index contributed by atoms with van der Waals surface area (Å²) in [5.74, 6) is 1.58. The largest absolute Gasteiger partial charge is 0.497 e. The molecule has 2 N–H and O–H groups in total. The lowest BCUT2D eigenvalue weighted by atomic mass is 10.2. The summed E-state index contributed by atoms with van der Waals surface area (Å²) >= 11 is 0. The lowest BCUT2D eigenvalue weighted by molar-refractivity contribution is 0.0168. The molecular formula is C21H32IN5O3. The molecule has 1 aliphatic heterocycles. The number of methoxy groups -OCH3 is 1. The van der Waals surface area contributed by atoms with E-state index in [0.717, 1.165) is 62.1 Å². The van der Waals surface area contributed by atoms with Crippen molar-refractivity contribution >= 4 is 29.9 Å². The van der Waals surface area contributed by atoms with Crippen LogP contribution in [0.25, 0.3) is 5.69 Å². The standard InChI is InChI=1S/C21H31N5O3.HI/c1-22-21(23-11-4-13-28-16-20-5-3-14-29-20)24-15-17-10-12-26(25-17)18-6-8-19(27-2)9-7-18;/h6-10,12,20H,3-5,11,13-16H2,1-2H3,(H2,22,23,24);1H. The molecule has 1 aliphatic rings. The molecule has 2 heterocycles. The second-order valence-corrected chi connectivity index (χ2v) is 6.87.